The van der Waals surface area contributed by atoms with Gasteiger partial charge in [-0.3, -0.25) is 14.5 Å². The van der Waals surface area contributed by atoms with Crippen LogP contribution in [0, 0.1) is 6.92 Å². The summed E-state index contributed by atoms with van der Waals surface area (Å²) in [6.45, 7) is 2.48. The third kappa shape index (κ3) is 3.23. The molecule has 1 amide bonds. The molecule has 7 nitrogen and oxygen atoms in total. The van der Waals surface area contributed by atoms with Crippen LogP contribution in [0.1, 0.15) is 21.6 Å². The fourth-order valence-corrected chi connectivity index (χ4v) is 2.72. The van der Waals surface area contributed by atoms with Crippen molar-refractivity contribution >= 4 is 23.6 Å². The molecule has 0 aliphatic carbocycles. The molecule has 3 rings (SSSR count). The van der Waals surface area contributed by atoms with E-state index in [-0.39, 0.29) is 11.3 Å². The van der Waals surface area contributed by atoms with Gasteiger partial charge < -0.3 is 14.4 Å². The SMILES string of the molecule is Cc1cc(O)c(C(=O)/C=C/c2cccc(N3CCOC3=O)c2)c(=O)n1C. The Balaban J connectivity index is 1.87. The van der Waals surface area contributed by atoms with E-state index in [0.717, 1.165) is 0 Å². The Kier molecular flexibility index (Phi) is 4.62. The van der Waals surface area contributed by atoms with Crippen molar-refractivity contribution in [3.8, 4) is 5.75 Å². The number of aromatic hydroxyl groups is 1. The highest BCUT2D eigenvalue weighted by atomic mass is 16.6. The van der Waals surface area contributed by atoms with Crippen LogP contribution in [0.15, 0.2) is 41.2 Å². The van der Waals surface area contributed by atoms with Crippen molar-refractivity contribution in [2.24, 2.45) is 7.05 Å². The molecule has 134 valence electrons. The number of amides is 1. The molecule has 0 radical (unpaired) electrons. The lowest BCUT2D eigenvalue weighted by molar-refractivity contribution is 0.104. The van der Waals surface area contributed by atoms with E-state index < -0.39 is 17.4 Å². The van der Waals surface area contributed by atoms with Gasteiger partial charge in [0, 0.05) is 24.5 Å². The van der Waals surface area contributed by atoms with Crippen LogP contribution < -0.4 is 10.5 Å². The van der Waals surface area contributed by atoms with Gasteiger partial charge in [-0.25, -0.2) is 4.79 Å². The van der Waals surface area contributed by atoms with Gasteiger partial charge in [-0.05, 0) is 30.7 Å². The lowest BCUT2D eigenvalue weighted by Gasteiger charge is -2.12. The van der Waals surface area contributed by atoms with Gasteiger partial charge in [0.15, 0.2) is 5.78 Å². The summed E-state index contributed by atoms with van der Waals surface area (Å²) >= 11 is 0. The van der Waals surface area contributed by atoms with Crippen LogP contribution in [0.5, 0.6) is 5.75 Å². The maximum absolute atomic E-state index is 12.4. The number of aromatic nitrogens is 1. The number of nitrogens with zero attached hydrogens (tertiary/aromatic N) is 2. The van der Waals surface area contributed by atoms with E-state index in [1.807, 2.05) is 0 Å². The number of allylic oxidation sites excluding steroid dienone is 1. The molecule has 1 aliphatic heterocycles. The zero-order valence-corrected chi connectivity index (χ0v) is 14.4. The average Bonchev–Trinajstić information content (AvgIpc) is 3.04. The molecule has 1 aromatic carbocycles. The summed E-state index contributed by atoms with van der Waals surface area (Å²) in [7, 11) is 1.54. The van der Waals surface area contributed by atoms with Gasteiger partial charge in [-0.2, -0.15) is 0 Å². The summed E-state index contributed by atoms with van der Waals surface area (Å²) < 4.78 is 6.22. The first-order chi connectivity index (χ1) is 12.4. The number of carbonyl (C=O) groups is 2. The molecule has 2 heterocycles. The number of aryl methyl sites for hydroxylation is 1. The third-order valence-electron chi connectivity index (χ3n) is 4.27. The molecule has 1 aliphatic rings. The molecule has 1 fully saturated rings. The van der Waals surface area contributed by atoms with E-state index in [9.17, 15) is 19.5 Å². The average molecular weight is 354 g/mol. The Bertz CT molecular complexity index is 974. The van der Waals surface area contributed by atoms with E-state index in [2.05, 4.69) is 0 Å². The first-order valence-electron chi connectivity index (χ1n) is 8.05. The van der Waals surface area contributed by atoms with Crippen LogP contribution in [0.4, 0.5) is 10.5 Å². The molecule has 0 spiro atoms. The van der Waals surface area contributed by atoms with Crippen molar-refractivity contribution in [3.05, 3.63) is 63.6 Å². The largest absolute Gasteiger partial charge is 0.507 e. The van der Waals surface area contributed by atoms with Gasteiger partial charge in [0.2, 0.25) is 0 Å². The third-order valence-corrected chi connectivity index (χ3v) is 4.27. The molecule has 2 aromatic rings. The smallest absolute Gasteiger partial charge is 0.414 e. The number of anilines is 1. The Hall–Kier alpha value is -3.35. The monoisotopic (exact) mass is 354 g/mol. The number of hydrogen-bond acceptors (Lipinski definition) is 5. The maximum Gasteiger partial charge on any atom is 0.414 e. The minimum Gasteiger partial charge on any atom is -0.507 e. The summed E-state index contributed by atoms with van der Waals surface area (Å²) in [5.41, 5.74) is 1.08. The molecule has 0 unspecified atom stereocenters. The highest BCUT2D eigenvalue weighted by Crippen LogP contribution is 2.21. The quantitative estimate of drug-likeness (QED) is 0.672. The minimum atomic E-state index is -0.589. The van der Waals surface area contributed by atoms with E-state index in [1.54, 1.807) is 31.2 Å². The molecule has 0 bridgehead atoms. The summed E-state index contributed by atoms with van der Waals surface area (Å²) in [6, 6.07) is 8.41. The Morgan fingerprint density at radius 2 is 2.04 bits per heavy atom. The first kappa shape index (κ1) is 17.5. The number of ether oxygens (including phenoxy) is 1. The van der Waals surface area contributed by atoms with Crippen molar-refractivity contribution in [1.29, 1.82) is 0 Å². The molecular formula is C19H18N2O5. The number of hydrogen-bond donors (Lipinski definition) is 1. The molecule has 1 saturated heterocycles. The molecule has 7 heteroatoms. The van der Waals surface area contributed by atoms with Gasteiger partial charge in [-0.15, -0.1) is 0 Å². The second-order valence-electron chi connectivity index (χ2n) is 5.97. The van der Waals surface area contributed by atoms with Crippen LogP contribution in [0.25, 0.3) is 6.08 Å². The Labute approximate surface area is 149 Å². The van der Waals surface area contributed by atoms with Crippen LogP contribution in [0.2, 0.25) is 0 Å². The van der Waals surface area contributed by atoms with E-state index >= 15 is 0 Å². The molecule has 1 N–H and O–H groups in total. The Morgan fingerprint density at radius 1 is 1.27 bits per heavy atom. The van der Waals surface area contributed by atoms with Gasteiger partial charge in [0.1, 0.15) is 17.9 Å². The van der Waals surface area contributed by atoms with Crippen molar-refractivity contribution in [2.45, 2.75) is 6.92 Å². The molecular weight excluding hydrogens is 336 g/mol. The van der Waals surface area contributed by atoms with Crippen molar-refractivity contribution < 1.29 is 19.4 Å². The number of benzene rings is 1. The van der Waals surface area contributed by atoms with E-state index in [1.165, 1.54) is 34.7 Å². The number of carbonyl (C=O) groups excluding carboxylic acids is 2. The summed E-state index contributed by atoms with van der Waals surface area (Å²) in [5.74, 6) is -0.928. The standard InChI is InChI=1S/C19H18N2O5/c1-12-10-16(23)17(18(24)20(12)2)15(22)7-6-13-4-3-5-14(11-13)21-8-9-26-19(21)25/h3-7,10-11,23H,8-9H2,1-2H3/b7-6+. The first-order valence-corrected chi connectivity index (χ1v) is 8.05. The molecule has 0 atom stereocenters. The molecule has 26 heavy (non-hydrogen) atoms. The lowest BCUT2D eigenvalue weighted by atomic mass is 10.1. The summed E-state index contributed by atoms with van der Waals surface area (Å²) in [5, 5.41) is 9.95. The van der Waals surface area contributed by atoms with Gasteiger partial charge in [0.25, 0.3) is 5.56 Å². The molecule has 0 saturated carbocycles. The van der Waals surface area contributed by atoms with Crippen LogP contribution in [0.3, 0.4) is 0 Å². The zero-order chi connectivity index (χ0) is 18.8. The van der Waals surface area contributed by atoms with Crippen LogP contribution in [-0.2, 0) is 11.8 Å². The van der Waals surface area contributed by atoms with E-state index in [0.29, 0.717) is 30.1 Å². The normalized spacial score (nSPS) is 14.1. The number of cyclic esters (lactones) is 1. The summed E-state index contributed by atoms with van der Waals surface area (Å²) in [4.78, 5) is 37.7. The van der Waals surface area contributed by atoms with Gasteiger partial charge in [0.05, 0.1) is 6.54 Å². The van der Waals surface area contributed by atoms with Gasteiger partial charge in [-0.1, -0.05) is 18.2 Å². The predicted octanol–water partition coefficient (Wildman–Crippen LogP) is 2.25. The van der Waals surface area contributed by atoms with Crippen LogP contribution >= 0.6 is 0 Å². The zero-order valence-electron chi connectivity index (χ0n) is 14.4. The van der Waals surface area contributed by atoms with Gasteiger partial charge >= 0.3 is 6.09 Å². The van der Waals surface area contributed by atoms with Crippen molar-refractivity contribution in [1.82, 2.24) is 4.57 Å². The fraction of sp³-hybridized carbons (Fsp3) is 0.211. The number of rotatable bonds is 4. The number of ketones is 1. The second kappa shape index (κ2) is 6.87. The summed E-state index contributed by atoms with van der Waals surface area (Å²) in [6.07, 6.45) is 2.36. The van der Waals surface area contributed by atoms with Crippen LogP contribution in [-0.4, -0.2) is 34.7 Å². The highest BCUT2D eigenvalue weighted by molar-refractivity contribution is 6.08. The van der Waals surface area contributed by atoms with E-state index in [4.69, 9.17) is 4.74 Å². The number of pyridine rings is 1. The fourth-order valence-electron chi connectivity index (χ4n) is 2.72. The maximum atomic E-state index is 12.4. The highest BCUT2D eigenvalue weighted by Gasteiger charge is 2.23. The molecule has 1 aromatic heterocycles. The predicted molar refractivity (Wildman–Crippen MR) is 96.6 cm³/mol. The topological polar surface area (TPSA) is 88.8 Å². The second-order valence-corrected chi connectivity index (χ2v) is 5.97. The van der Waals surface area contributed by atoms with Crippen molar-refractivity contribution in [3.63, 3.8) is 0 Å². The lowest BCUT2D eigenvalue weighted by Crippen LogP contribution is -2.25. The minimum absolute atomic E-state index is 0.270. The van der Waals surface area contributed by atoms with Crippen molar-refractivity contribution in [2.75, 3.05) is 18.1 Å². The Morgan fingerprint density at radius 3 is 2.73 bits per heavy atom.